The van der Waals surface area contributed by atoms with E-state index >= 15 is 0 Å². The van der Waals surface area contributed by atoms with Crippen LogP contribution in [-0.2, 0) is 0 Å². The Balaban J connectivity index is 2.37. The summed E-state index contributed by atoms with van der Waals surface area (Å²) < 4.78 is 0. The highest BCUT2D eigenvalue weighted by molar-refractivity contribution is 4.53. The molecule has 68 valence electrons. The Hall–Kier alpha value is -1.40. The summed E-state index contributed by atoms with van der Waals surface area (Å²) in [4.78, 5) is 10.2. The normalized spacial score (nSPS) is 16.2. The van der Waals surface area contributed by atoms with Crippen LogP contribution in [0.5, 0.6) is 0 Å². The molecule has 0 atom stereocenters. The third kappa shape index (κ3) is 2.04. The van der Waals surface area contributed by atoms with Gasteiger partial charge in [0.25, 0.3) is 0 Å². The molecule has 0 saturated heterocycles. The SMILES string of the molecule is CC(C)CN1CN([N+](=O)[O-])N=N1. The molecule has 1 heterocycles. The van der Waals surface area contributed by atoms with E-state index in [0.29, 0.717) is 17.6 Å². The third-order valence-corrected chi connectivity index (χ3v) is 1.32. The quantitative estimate of drug-likeness (QED) is 0.465. The van der Waals surface area contributed by atoms with E-state index in [1.807, 2.05) is 13.8 Å². The van der Waals surface area contributed by atoms with Gasteiger partial charge in [-0.05, 0) is 5.92 Å². The lowest BCUT2D eigenvalue weighted by Crippen LogP contribution is -2.31. The Morgan fingerprint density at radius 1 is 1.58 bits per heavy atom. The van der Waals surface area contributed by atoms with Crippen molar-refractivity contribution in [3.05, 3.63) is 10.1 Å². The number of hydrogen-bond donors (Lipinski definition) is 0. The minimum Gasteiger partial charge on any atom is -0.339 e. The molecule has 1 aliphatic heterocycles. The molecule has 0 aromatic carbocycles. The minimum atomic E-state index is -0.580. The first-order valence-electron chi connectivity index (χ1n) is 3.68. The van der Waals surface area contributed by atoms with E-state index in [1.54, 1.807) is 5.01 Å². The standard InChI is InChI=1S/C5H11N5O2/c1-5(2)3-8-4-9(7-6-8)10(11)12/h5H,3-4H2,1-2H3. The molecular formula is C5H11N5O2. The maximum Gasteiger partial charge on any atom is 0.198 e. The van der Waals surface area contributed by atoms with Gasteiger partial charge in [-0.1, -0.05) is 13.8 Å². The smallest absolute Gasteiger partial charge is 0.198 e. The zero-order valence-electron chi connectivity index (χ0n) is 7.04. The molecule has 0 unspecified atom stereocenters. The predicted octanol–water partition coefficient (Wildman–Crippen LogP) is 0.691. The van der Waals surface area contributed by atoms with Crippen LogP contribution >= 0.6 is 0 Å². The molecule has 0 aromatic rings. The Morgan fingerprint density at radius 2 is 2.25 bits per heavy atom. The molecule has 0 radical (unpaired) electrons. The maximum atomic E-state index is 10.2. The van der Waals surface area contributed by atoms with Crippen molar-refractivity contribution in [2.45, 2.75) is 13.8 Å². The molecule has 1 aliphatic rings. The van der Waals surface area contributed by atoms with Gasteiger partial charge in [0.05, 0.1) is 10.3 Å². The van der Waals surface area contributed by atoms with Gasteiger partial charge < -0.3 is 10.1 Å². The summed E-state index contributed by atoms with van der Waals surface area (Å²) in [6.45, 7) is 4.87. The first-order chi connectivity index (χ1) is 5.59. The molecule has 0 amide bonds. The highest BCUT2D eigenvalue weighted by Gasteiger charge is 2.26. The van der Waals surface area contributed by atoms with Gasteiger partial charge in [0.15, 0.2) is 11.9 Å². The average molecular weight is 173 g/mol. The molecule has 0 N–H and O–H groups in total. The molecule has 0 aliphatic carbocycles. The highest BCUT2D eigenvalue weighted by Crippen LogP contribution is 2.09. The summed E-state index contributed by atoms with van der Waals surface area (Å²) in [7, 11) is 0. The Bertz CT molecular complexity index is 204. The van der Waals surface area contributed by atoms with E-state index in [-0.39, 0.29) is 6.67 Å². The predicted molar refractivity (Wildman–Crippen MR) is 40.1 cm³/mol. The van der Waals surface area contributed by atoms with Crippen LogP contribution in [0.4, 0.5) is 0 Å². The van der Waals surface area contributed by atoms with Crippen molar-refractivity contribution in [1.82, 2.24) is 10.1 Å². The largest absolute Gasteiger partial charge is 0.339 e. The zero-order chi connectivity index (χ0) is 9.14. The van der Waals surface area contributed by atoms with Gasteiger partial charge in [0, 0.05) is 11.7 Å². The van der Waals surface area contributed by atoms with Crippen LogP contribution < -0.4 is 0 Å². The fourth-order valence-electron chi connectivity index (χ4n) is 0.905. The highest BCUT2D eigenvalue weighted by atomic mass is 16.7. The van der Waals surface area contributed by atoms with Crippen molar-refractivity contribution >= 4 is 0 Å². The molecule has 7 nitrogen and oxygen atoms in total. The molecule has 1 rings (SSSR count). The van der Waals surface area contributed by atoms with Crippen LogP contribution in [0.2, 0.25) is 0 Å². The third-order valence-electron chi connectivity index (χ3n) is 1.32. The summed E-state index contributed by atoms with van der Waals surface area (Å²) in [5.74, 6) is 0.427. The molecular weight excluding hydrogens is 162 g/mol. The monoisotopic (exact) mass is 173 g/mol. The van der Waals surface area contributed by atoms with E-state index in [4.69, 9.17) is 0 Å². The van der Waals surface area contributed by atoms with Gasteiger partial charge in [-0.3, -0.25) is 0 Å². The maximum absolute atomic E-state index is 10.2. The molecule has 0 fully saturated rings. The second-order valence-electron chi connectivity index (χ2n) is 3.01. The van der Waals surface area contributed by atoms with Crippen LogP contribution in [0.3, 0.4) is 0 Å². The summed E-state index contributed by atoms with van der Waals surface area (Å²) in [5.41, 5.74) is 0. The van der Waals surface area contributed by atoms with E-state index in [0.717, 1.165) is 0 Å². The zero-order valence-corrected chi connectivity index (χ0v) is 7.04. The topological polar surface area (TPSA) is 74.3 Å². The Labute approximate surface area is 69.7 Å². The van der Waals surface area contributed by atoms with Crippen LogP contribution in [-0.4, -0.2) is 28.4 Å². The van der Waals surface area contributed by atoms with Gasteiger partial charge in [0.1, 0.15) is 0 Å². The first kappa shape index (κ1) is 8.69. The van der Waals surface area contributed by atoms with Gasteiger partial charge in [-0.2, -0.15) is 0 Å². The van der Waals surface area contributed by atoms with Crippen molar-refractivity contribution in [3.63, 3.8) is 0 Å². The van der Waals surface area contributed by atoms with E-state index in [2.05, 4.69) is 10.4 Å². The second kappa shape index (κ2) is 3.33. The molecule has 7 heteroatoms. The van der Waals surface area contributed by atoms with E-state index in [9.17, 15) is 10.1 Å². The summed E-state index contributed by atoms with van der Waals surface area (Å²) >= 11 is 0. The summed E-state index contributed by atoms with van der Waals surface area (Å²) in [6, 6.07) is 0. The summed E-state index contributed by atoms with van der Waals surface area (Å²) in [5, 5.41) is 18.9. The average Bonchev–Trinajstić information content (AvgIpc) is 2.34. The lowest BCUT2D eigenvalue weighted by molar-refractivity contribution is -0.657. The van der Waals surface area contributed by atoms with Crippen LogP contribution in [0, 0.1) is 16.0 Å². The lowest BCUT2D eigenvalue weighted by atomic mass is 10.2. The fourth-order valence-corrected chi connectivity index (χ4v) is 0.905. The second-order valence-corrected chi connectivity index (χ2v) is 3.01. The summed E-state index contributed by atoms with van der Waals surface area (Å²) in [6.07, 6.45) is 0. The lowest BCUT2D eigenvalue weighted by Gasteiger charge is -2.11. The number of nitrogens with zero attached hydrogens (tertiary/aromatic N) is 5. The molecule has 0 saturated carbocycles. The van der Waals surface area contributed by atoms with Gasteiger partial charge in [0.2, 0.25) is 0 Å². The van der Waals surface area contributed by atoms with Gasteiger partial charge in [-0.15, -0.1) is 0 Å². The van der Waals surface area contributed by atoms with Crippen molar-refractivity contribution in [2.75, 3.05) is 13.2 Å². The molecule has 0 bridgehead atoms. The van der Waals surface area contributed by atoms with Crippen LogP contribution in [0.15, 0.2) is 10.4 Å². The molecule has 0 spiro atoms. The number of hydrazine groups is 1. The minimum absolute atomic E-state index is 0.144. The van der Waals surface area contributed by atoms with Crippen molar-refractivity contribution in [1.29, 1.82) is 0 Å². The Kier molecular flexibility index (Phi) is 2.41. The first-order valence-corrected chi connectivity index (χ1v) is 3.68. The molecule has 0 aromatic heterocycles. The Morgan fingerprint density at radius 3 is 2.67 bits per heavy atom. The number of hydrogen-bond acceptors (Lipinski definition) is 5. The number of rotatable bonds is 3. The number of nitro groups is 1. The van der Waals surface area contributed by atoms with Gasteiger partial charge >= 0.3 is 0 Å². The van der Waals surface area contributed by atoms with Crippen molar-refractivity contribution < 1.29 is 5.03 Å². The van der Waals surface area contributed by atoms with Crippen LogP contribution in [0.1, 0.15) is 13.8 Å². The van der Waals surface area contributed by atoms with Crippen LogP contribution in [0.25, 0.3) is 0 Å². The van der Waals surface area contributed by atoms with E-state index < -0.39 is 5.03 Å². The van der Waals surface area contributed by atoms with Gasteiger partial charge in [-0.25, -0.2) is 5.01 Å². The van der Waals surface area contributed by atoms with Crippen molar-refractivity contribution in [3.8, 4) is 0 Å². The molecule has 12 heavy (non-hydrogen) atoms. The fraction of sp³-hybridized carbons (Fsp3) is 1.00. The van der Waals surface area contributed by atoms with Crippen molar-refractivity contribution in [2.24, 2.45) is 16.4 Å². The van der Waals surface area contributed by atoms with E-state index in [1.165, 1.54) is 0 Å².